The molecule has 2 fully saturated rings. The summed E-state index contributed by atoms with van der Waals surface area (Å²) in [6.07, 6.45) is 6.64. The second-order valence-corrected chi connectivity index (χ2v) is 12.7. The van der Waals surface area contributed by atoms with Gasteiger partial charge in [0, 0.05) is 36.8 Å². The Kier molecular flexibility index (Phi) is 7.67. The van der Waals surface area contributed by atoms with E-state index in [1.165, 1.54) is 12.1 Å². The van der Waals surface area contributed by atoms with Gasteiger partial charge in [0.1, 0.15) is 17.5 Å². The molecule has 204 valence electrons. The number of H-pyrrole nitrogens is 1. The number of aromatic nitrogens is 3. The number of carbonyl (C=O) groups is 1. The molecular weight excluding hydrogens is 509 g/mol. The van der Waals surface area contributed by atoms with E-state index in [4.69, 9.17) is 4.74 Å². The number of aromatic amines is 1. The number of carbonyl (C=O) groups excluding carboxylic acids is 1. The van der Waals surface area contributed by atoms with Crippen LogP contribution in [0.3, 0.4) is 0 Å². The van der Waals surface area contributed by atoms with Crippen molar-refractivity contribution < 1.29 is 22.3 Å². The molecule has 1 aliphatic carbocycles. The highest BCUT2D eigenvalue weighted by atomic mass is 32.2. The number of sulfonamides is 1. The number of anilines is 1. The van der Waals surface area contributed by atoms with Crippen molar-refractivity contribution >= 4 is 32.8 Å². The second kappa shape index (κ2) is 11.0. The van der Waals surface area contributed by atoms with Gasteiger partial charge < -0.3 is 14.6 Å². The van der Waals surface area contributed by atoms with Gasteiger partial charge in [0.15, 0.2) is 0 Å². The molecule has 1 saturated carbocycles. The molecule has 11 heteroatoms. The zero-order chi connectivity index (χ0) is 26.9. The van der Waals surface area contributed by atoms with Crippen LogP contribution in [0.5, 0.6) is 0 Å². The number of imidazole rings is 1. The molecule has 5 rings (SSSR count). The first kappa shape index (κ1) is 26.6. The van der Waals surface area contributed by atoms with Gasteiger partial charge in [-0.05, 0) is 76.6 Å². The van der Waals surface area contributed by atoms with E-state index in [0.717, 1.165) is 55.7 Å². The Morgan fingerprint density at radius 1 is 1.08 bits per heavy atom. The molecule has 0 unspecified atom stereocenters. The number of halogens is 1. The number of piperidine rings is 1. The smallest absolute Gasteiger partial charge is 0.237 e. The van der Waals surface area contributed by atoms with Crippen molar-refractivity contribution in [3.8, 4) is 11.4 Å². The topological polar surface area (TPSA) is 117 Å². The Balaban J connectivity index is 1.08. The number of rotatable bonds is 7. The molecular formula is C27H34FN5O4S. The molecule has 0 atom stereocenters. The summed E-state index contributed by atoms with van der Waals surface area (Å²) in [5.41, 5.74) is 2.21. The second-order valence-electron chi connectivity index (χ2n) is 10.5. The van der Waals surface area contributed by atoms with Crippen molar-refractivity contribution in [3.63, 3.8) is 0 Å². The Labute approximate surface area is 222 Å². The van der Waals surface area contributed by atoms with Gasteiger partial charge in [-0.3, -0.25) is 9.52 Å². The fraction of sp³-hybridized carbons (Fsp3) is 0.519. The number of pyridine rings is 1. The number of fused-ring (bicyclic) bond motifs is 1. The predicted octanol–water partition coefficient (Wildman–Crippen LogP) is 4.16. The number of hydrogen-bond acceptors (Lipinski definition) is 7. The fourth-order valence-corrected chi connectivity index (χ4v) is 5.81. The molecule has 1 aliphatic heterocycles. The van der Waals surface area contributed by atoms with Crippen LogP contribution in [0.2, 0.25) is 0 Å². The quantitative estimate of drug-likeness (QED) is 0.459. The lowest BCUT2D eigenvalue weighted by atomic mass is 9.87. The lowest BCUT2D eigenvalue weighted by Crippen LogP contribution is -2.42. The minimum absolute atomic E-state index is 0.104. The Morgan fingerprint density at radius 2 is 1.79 bits per heavy atom. The highest BCUT2D eigenvalue weighted by Gasteiger charge is 2.32. The maximum absolute atomic E-state index is 13.5. The maximum atomic E-state index is 13.5. The Morgan fingerprint density at radius 3 is 2.45 bits per heavy atom. The van der Waals surface area contributed by atoms with Gasteiger partial charge in [-0.15, -0.1) is 0 Å². The molecule has 0 spiro atoms. The number of ether oxygens (including phenoxy) is 1. The van der Waals surface area contributed by atoms with Crippen molar-refractivity contribution in [2.45, 2.75) is 69.8 Å². The van der Waals surface area contributed by atoms with Crippen molar-refractivity contribution in [1.29, 1.82) is 0 Å². The number of amides is 1. The number of benzene rings is 1. The molecule has 2 N–H and O–H groups in total. The highest BCUT2D eigenvalue weighted by molar-refractivity contribution is 7.90. The zero-order valence-electron chi connectivity index (χ0n) is 21.7. The largest absolute Gasteiger partial charge is 0.375 e. The van der Waals surface area contributed by atoms with Gasteiger partial charge in [0.2, 0.25) is 15.9 Å². The molecule has 3 heterocycles. The SMILES string of the molecule is CC(C)S(=O)(=O)NC(=O)[C@H]1CC[C@H](OC2CCN(c3ccc(-c4nc5cc(F)ccc5[nH]4)cn3)CC2)CC1. The van der Waals surface area contributed by atoms with E-state index in [0.29, 0.717) is 24.2 Å². The van der Waals surface area contributed by atoms with Crippen LogP contribution in [0.4, 0.5) is 10.2 Å². The standard InChI is InChI=1S/C27H34FN5O4S/c1-17(2)38(35,36)32-27(34)18-3-7-21(8-4-18)37-22-11-13-33(14-12-22)25-10-5-19(16-29-25)26-30-23-9-6-20(28)15-24(23)31-26/h5-6,9-10,15-18,21-22H,3-4,7-8,11-14H2,1-2H3,(H,30,31)(H,32,34)/t18-,21-. The average Bonchev–Trinajstić information content (AvgIpc) is 3.32. The zero-order valence-corrected chi connectivity index (χ0v) is 22.5. The van der Waals surface area contributed by atoms with Gasteiger partial charge in [0.25, 0.3) is 0 Å². The number of nitrogens with one attached hydrogen (secondary N) is 2. The van der Waals surface area contributed by atoms with Crippen LogP contribution in [0.25, 0.3) is 22.4 Å². The lowest BCUT2D eigenvalue weighted by molar-refractivity contribution is -0.125. The predicted molar refractivity (Wildman–Crippen MR) is 144 cm³/mol. The summed E-state index contributed by atoms with van der Waals surface area (Å²) in [5, 5.41) is -0.631. The molecule has 2 aliphatic rings. The number of nitrogens with zero attached hydrogens (tertiary/aromatic N) is 3. The lowest BCUT2D eigenvalue weighted by Gasteiger charge is -2.36. The van der Waals surface area contributed by atoms with Crippen molar-refractivity contribution in [2.75, 3.05) is 18.0 Å². The van der Waals surface area contributed by atoms with Crippen LogP contribution < -0.4 is 9.62 Å². The Bertz CT molecular complexity index is 1380. The van der Waals surface area contributed by atoms with Crippen LogP contribution in [-0.2, 0) is 19.6 Å². The molecule has 0 radical (unpaired) electrons. The molecule has 1 amide bonds. The van der Waals surface area contributed by atoms with Crippen LogP contribution >= 0.6 is 0 Å². The Hall–Kier alpha value is -3.05. The van der Waals surface area contributed by atoms with E-state index in [-0.39, 0.29) is 23.9 Å². The van der Waals surface area contributed by atoms with Gasteiger partial charge in [-0.2, -0.15) is 0 Å². The molecule has 38 heavy (non-hydrogen) atoms. The molecule has 0 bridgehead atoms. The van der Waals surface area contributed by atoms with Gasteiger partial charge in [-0.1, -0.05) is 0 Å². The minimum atomic E-state index is -3.59. The third kappa shape index (κ3) is 5.99. The monoisotopic (exact) mass is 543 g/mol. The summed E-state index contributed by atoms with van der Waals surface area (Å²) in [6, 6.07) is 8.45. The minimum Gasteiger partial charge on any atom is -0.375 e. The molecule has 1 saturated heterocycles. The van der Waals surface area contributed by atoms with Gasteiger partial charge in [-0.25, -0.2) is 22.8 Å². The summed E-state index contributed by atoms with van der Waals surface area (Å²) in [7, 11) is -3.59. The van der Waals surface area contributed by atoms with E-state index >= 15 is 0 Å². The molecule has 2 aromatic heterocycles. The third-order valence-corrected chi connectivity index (χ3v) is 9.25. The van der Waals surface area contributed by atoms with Crippen LogP contribution in [0.1, 0.15) is 52.4 Å². The molecule has 3 aromatic rings. The first-order valence-corrected chi connectivity index (χ1v) is 14.8. The van der Waals surface area contributed by atoms with E-state index in [1.54, 1.807) is 26.1 Å². The van der Waals surface area contributed by atoms with E-state index in [2.05, 4.69) is 24.6 Å². The van der Waals surface area contributed by atoms with Crippen LogP contribution in [-0.4, -0.2) is 59.8 Å². The average molecular weight is 544 g/mol. The number of hydrogen-bond donors (Lipinski definition) is 2. The van der Waals surface area contributed by atoms with Gasteiger partial charge in [0.05, 0.1) is 28.5 Å². The summed E-state index contributed by atoms with van der Waals surface area (Å²) in [4.78, 5) is 26.9. The molecule has 1 aromatic carbocycles. The first-order valence-electron chi connectivity index (χ1n) is 13.3. The van der Waals surface area contributed by atoms with E-state index in [1.807, 2.05) is 12.1 Å². The van der Waals surface area contributed by atoms with Crippen molar-refractivity contribution in [3.05, 3.63) is 42.3 Å². The summed E-state index contributed by atoms with van der Waals surface area (Å²) in [6.45, 7) is 4.80. The van der Waals surface area contributed by atoms with Gasteiger partial charge >= 0.3 is 0 Å². The summed E-state index contributed by atoms with van der Waals surface area (Å²) in [5.74, 6) is 0.576. The van der Waals surface area contributed by atoms with Crippen LogP contribution in [0.15, 0.2) is 36.5 Å². The van der Waals surface area contributed by atoms with E-state index < -0.39 is 21.2 Å². The first-order chi connectivity index (χ1) is 18.2. The fourth-order valence-electron chi connectivity index (χ4n) is 5.12. The normalized spacial score (nSPS) is 21.2. The summed E-state index contributed by atoms with van der Waals surface area (Å²) >= 11 is 0. The molecule has 9 nitrogen and oxygen atoms in total. The highest BCUT2D eigenvalue weighted by Crippen LogP contribution is 2.30. The van der Waals surface area contributed by atoms with Crippen molar-refractivity contribution in [1.82, 2.24) is 19.7 Å². The summed E-state index contributed by atoms with van der Waals surface area (Å²) < 4.78 is 46.0. The maximum Gasteiger partial charge on any atom is 0.237 e. The van der Waals surface area contributed by atoms with Crippen LogP contribution in [0, 0.1) is 11.7 Å². The third-order valence-electron chi connectivity index (χ3n) is 7.53. The van der Waals surface area contributed by atoms with E-state index in [9.17, 15) is 17.6 Å². The van der Waals surface area contributed by atoms with Crippen molar-refractivity contribution in [2.24, 2.45) is 5.92 Å².